The summed E-state index contributed by atoms with van der Waals surface area (Å²) < 4.78 is 27.6. The molecule has 5 nitrogen and oxygen atoms in total. The third-order valence-corrected chi connectivity index (χ3v) is 8.02. The predicted octanol–water partition coefficient (Wildman–Crippen LogP) is 4.95. The van der Waals surface area contributed by atoms with Crippen LogP contribution in [0.25, 0.3) is 0 Å². The van der Waals surface area contributed by atoms with Crippen LogP contribution < -0.4 is 5.32 Å². The van der Waals surface area contributed by atoms with E-state index in [1.807, 2.05) is 32.9 Å². The van der Waals surface area contributed by atoms with E-state index in [1.54, 1.807) is 12.1 Å². The number of anilines is 1. The van der Waals surface area contributed by atoms with Gasteiger partial charge in [-0.15, -0.1) is 0 Å². The molecule has 0 radical (unpaired) electrons. The van der Waals surface area contributed by atoms with E-state index >= 15 is 0 Å². The third-order valence-electron chi connectivity index (χ3n) is 6.11. The van der Waals surface area contributed by atoms with Crippen molar-refractivity contribution in [3.05, 3.63) is 58.7 Å². The van der Waals surface area contributed by atoms with Crippen LogP contribution in [0.15, 0.2) is 41.3 Å². The zero-order chi connectivity index (χ0) is 23.0. The zero-order valence-electron chi connectivity index (χ0n) is 19.5. The minimum absolute atomic E-state index is 0.0256. The van der Waals surface area contributed by atoms with Gasteiger partial charge in [0, 0.05) is 24.7 Å². The SMILES string of the molecule is Cc1cc(C)c(NC(=O)C2CCN(S(=O)(=O)c3ccc(C(C)(C)C)cc3)CC2)c(C)c1. The number of nitrogens with zero attached hydrogens (tertiary/aromatic N) is 1. The van der Waals surface area contributed by atoms with Gasteiger partial charge in [0.15, 0.2) is 0 Å². The number of aryl methyl sites for hydroxylation is 3. The van der Waals surface area contributed by atoms with E-state index in [-0.39, 0.29) is 17.2 Å². The van der Waals surface area contributed by atoms with Crippen molar-refractivity contribution in [1.82, 2.24) is 4.31 Å². The minimum atomic E-state index is -3.55. The minimum Gasteiger partial charge on any atom is -0.325 e. The topological polar surface area (TPSA) is 66.5 Å². The summed E-state index contributed by atoms with van der Waals surface area (Å²) in [6.45, 7) is 13.0. The molecule has 1 N–H and O–H groups in total. The molecule has 0 saturated carbocycles. The summed E-state index contributed by atoms with van der Waals surface area (Å²) in [4.78, 5) is 13.1. The fourth-order valence-electron chi connectivity index (χ4n) is 4.24. The number of hydrogen-bond donors (Lipinski definition) is 1. The standard InChI is InChI=1S/C25H34N2O3S/c1-17-15-18(2)23(19(3)16-17)26-24(28)20-11-13-27(14-12-20)31(29,30)22-9-7-21(8-10-22)25(4,5)6/h7-10,15-16,20H,11-14H2,1-6H3,(H,26,28). The Balaban J connectivity index is 1.65. The van der Waals surface area contributed by atoms with E-state index < -0.39 is 10.0 Å². The number of amides is 1. The van der Waals surface area contributed by atoms with Gasteiger partial charge in [-0.2, -0.15) is 4.31 Å². The fraction of sp³-hybridized carbons (Fsp3) is 0.480. The van der Waals surface area contributed by atoms with Gasteiger partial charge in [0.2, 0.25) is 15.9 Å². The Morgan fingerprint density at radius 1 is 0.968 bits per heavy atom. The molecule has 1 heterocycles. The second-order valence-corrected chi connectivity index (χ2v) is 11.7. The van der Waals surface area contributed by atoms with E-state index in [0.29, 0.717) is 30.8 Å². The largest absolute Gasteiger partial charge is 0.325 e. The monoisotopic (exact) mass is 442 g/mol. The molecule has 0 aliphatic carbocycles. The Labute approximate surface area is 186 Å². The molecular weight excluding hydrogens is 408 g/mol. The van der Waals surface area contributed by atoms with Crippen LogP contribution in [0.2, 0.25) is 0 Å². The number of hydrogen-bond acceptors (Lipinski definition) is 3. The molecule has 0 bridgehead atoms. The summed E-state index contributed by atoms with van der Waals surface area (Å²) in [7, 11) is -3.55. The summed E-state index contributed by atoms with van der Waals surface area (Å²) in [6, 6.07) is 11.3. The molecule has 31 heavy (non-hydrogen) atoms. The van der Waals surface area contributed by atoms with E-state index in [2.05, 4.69) is 38.2 Å². The van der Waals surface area contributed by atoms with Crippen LogP contribution in [0.1, 0.15) is 55.9 Å². The normalized spacial score (nSPS) is 16.3. The number of carbonyl (C=O) groups is 1. The molecule has 6 heteroatoms. The maximum atomic E-state index is 13.1. The molecule has 0 unspecified atom stereocenters. The number of rotatable bonds is 4. The molecule has 1 aliphatic heterocycles. The number of sulfonamides is 1. The molecule has 1 saturated heterocycles. The van der Waals surface area contributed by atoms with Gasteiger partial charge in [-0.3, -0.25) is 4.79 Å². The summed E-state index contributed by atoms with van der Waals surface area (Å²) >= 11 is 0. The Hall–Kier alpha value is -2.18. The molecular formula is C25H34N2O3S. The van der Waals surface area contributed by atoms with Gasteiger partial charge in [-0.05, 0) is 67.9 Å². The second-order valence-electron chi connectivity index (χ2n) is 9.72. The highest BCUT2D eigenvalue weighted by Gasteiger charge is 2.32. The average Bonchev–Trinajstić information content (AvgIpc) is 2.70. The van der Waals surface area contributed by atoms with E-state index in [4.69, 9.17) is 0 Å². The molecule has 1 amide bonds. The Morgan fingerprint density at radius 3 is 1.97 bits per heavy atom. The fourth-order valence-corrected chi connectivity index (χ4v) is 5.71. The van der Waals surface area contributed by atoms with Crippen LogP contribution in [0.3, 0.4) is 0 Å². The smallest absolute Gasteiger partial charge is 0.243 e. The highest BCUT2D eigenvalue weighted by atomic mass is 32.2. The van der Waals surface area contributed by atoms with Crippen LogP contribution in [0, 0.1) is 26.7 Å². The molecule has 1 fully saturated rings. The molecule has 0 spiro atoms. The highest BCUT2D eigenvalue weighted by molar-refractivity contribution is 7.89. The van der Waals surface area contributed by atoms with Crippen molar-refractivity contribution in [3.8, 4) is 0 Å². The Bertz CT molecular complexity index is 1040. The first-order valence-electron chi connectivity index (χ1n) is 10.9. The van der Waals surface area contributed by atoms with Crippen molar-refractivity contribution in [2.45, 2.75) is 64.7 Å². The van der Waals surface area contributed by atoms with E-state index in [0.717, 1.165) is 22.4 Å². The molecule has 3 rings (SSSR count). The molecule has 0 atom stereocenters. The van der Waals surface area contributed by atoms with Gasteiger partial charge >= 0.3 is 0 Å². The van der Waals surface area contributed by atoms with Crippen LogP contribution >= 0.6 is 0 Å². The first kappa shape index (κ1) is 23.5. The number of piperidine rings is 1. The highest BCUT2D eigenvalue weighted by Crippen LogP contribution is 2.29. The van der Waals surface area contributed by atoms with Crippen molar-refractivity contribution < 1.29 is 13.2 Å². The summed E-state index contributed by atoms with van der Waals surface area (Å²) in [5.41, 5.74) is 5.20. The number of nitrogens with one attached hydrogen (secondary N) is 1. The zero-order valence-corrected chi connectivity index (χ0v) is 20.3. The first-order chi connectivity index (χ1) is 14.4. The molecule has 2 aromatic carbocycles. The molecule has 0 aromatic heterocycles. The van der Waals surface area contributed by atoms with Crippen molar-refractivity contribution in [3.63, 3.8) is 0 Å². The van der Waals surface area contributed by atoms with Crippen molar-refractivity contribution >= 4 is 21.6 Å². The van der Waals surface area contributed by atoms with Crippen molar-refractivity contribution in [2.75, 3.05) is 18.4 Å². The number of benzene rings is 2. The second kappa shape index (κ2) is 8.75. The summed E-state index contributed by atoms with van der Waals surface area (Å²) in [6.07, 6.45) is 1.05. The van der Waals surface area contributed by atoms with Crippen LogP contribution in [-0.4, -0.2) is 31.7 Å². The van der Waals surface area contributed by atoms with Gasteiger partial charge in [0.05, 0.1) is 4.90 Å². The van der Waals surface area contributed by atoms with Gasteiger partial charge in [-0.25, -0.2) is 8.42 Å². The van der Waals surface area contributed by atoms with Crippen LogP contribution in [0.4, 0.5) is 5.69 Å². The quantitative estimate of drug-likeness (QED) is 0.729. The average molecular weight is 443 g/mol. The predicted molar refractivity (Wildman–Crippen MR) is 126 cm³/mol. The van der Waals surface area contributed by atoms with Crippen molar-refractivity contribution in [1.29, 1.82) is 0 Å². The van der Waals surface area contributed by atoms with Gasteiger partial charge < -0.3 is 5.32 Å². The summed E-state index contributed by atoms with van der Waals surface area (Å²) in [5, 5.41) is 3.07. The maximum Gasteiger partial charge on any atom is 0.243 e. The lowest BCUT2D eigenvalue weighted by Gasteiger charge is -2.31. The molecule has 168 valence electrons. The Morgan fingerprint density at radius 2 is 1.48 bits per heavy atom. The lowest BCUT2D eigenvalue weighted by Crippen LogP contribution is -2.41. The van der Waals surface area contributed by atoms with Crippen molar-refractivity contribution in [2.24, 2.45) is 5.92 Å². The Kier molecular flexibility index (Phi) is 6.63. The van der Waals surface area contributed by atoms with Gasteiger partial charge in [0.1, 0.15) is 0 Å². The van der Waals surface area contributed by atoms with Gasteiger partial charge in [0.25, 0.3) is 0 Å². The van der Waals surface area contributed by atoms with Crippen LogP contribution in [0.5, 0.6) is 0 Å². The van der Waals surface area contributed by atoms with E-state index in [1.165, 1.54) is 9.87 Å². The van der Waals surface area contributed by atoms with Crippen LogP contribution in [-0.2, 0) is 20.2 Å². The molecule has 1 aliphatic rings. The van der Waals surface area contributed by atoms with E-state index in [9.17, 15) is 13.2 Å². The maximum absolute atomic E-state index is 13.1. The number of carbonyl (C=O) groups excluding carboxylic acids is 1. The first-order valence-corrected chi connectivity index (χ1v) is 12.3. The van der Waals surface area contributed by atoms with Gasteiger partial charge in [-0.1, -0.05) is 50.6 Å². The lowest BCUT2D eigenvalue weighted by atomic mass is 9.87. The third kappa shape index (κ3) is 5.18. The lowest BCUT2D eigenvalue weighted by molar-refractivity contribution is -0.120. The summed E-state index contributed by atoms with van der Waals surface area (Å²) in [5.74, 6) is -0.212. The molecule has 2 aromatic rings.